The largest absolute Gasteiger partial charge is 0.352 e. The number of anilines is 3. The number of unbranched alkanes of at least 4 members (excludes halogenated alkanes) is 1. The van der Waals surface area contributed by atoms with Crippen LogP contribution in [0.25, 0.3) is 6.20 Å². The normalized spacial score (nSPS) is 27.1. The Morgan fingerprint density at radius 3 is 3.00 bits per heavy atom. The number of imidazole rings is 1. The summed E-state index contributed by atoms with van der Waals surface area (Å²) < 4.78 is 2.14. The highest BCUT2D eigenvalue weighted by Gasteiger charge is 2.27. The van der Waals surface area contributed by atoms with Gasteiger partial charge in [0.1, 0.15) is 0 Å². The average molecular weight is 489 g/mol. The van der Waals surface area contributed by atoms with Crippen LogP contribution in [-0.2, 0) is 6.42 Å². The van der Waals surface area contributed by atoms with E-state index in [0.717, 1.165) is 73.9 Å². The van der Waals surface area contributed by atoms with Crippen LogP contribution in [0.15, 0.2) is 29.4 Å². The monoisotopic (exact) mass is 488 g/mol. The molecule has 3 heterocycles. The Hall–Kier alpha value is -3.34. The molecule has 0 aromatic carbocycles. The van der Waals surface area contributed by atoms with E-state index in [1.807, 2.05) is 31.6 Å². The van der Waals surface area contributed by atoms with Crippen molar-refractivity contribution in [2.24, 2.45) is 16.3 Å². The van der Waals surface area contributed by atoms with Crippen LogP contribution in [0.3, 0.4) is 0 Å². The highest BCUT2D eigenvalue weighted by Crippen LogP contribution is 2.38. The minimum absolute atomic E-state index is 0.280. The number of nitriles is 1. The van der Waals surface area contributed by atoms with Gasteiger partial charge in [0, 0.05) is 42.8 Å². The van der Waals surface area contributed by atoms with E-state index in [4.69, 9.17) is 10.2 Å². The molecule has 2 aromatic rings. The Labute approximate surface area is 215 Å². The topological polar surface area (TPSA) is 107 Å². The maximum absolute atomic E-state index is 8.95. The molecule has 8 nitrogen and oxygen atoms in total. The fourth-order valence-corrected chi connectivity index (χ4v) is 5.48. The third kappa shape index (κ3) is 6.87. The summed E-state index contributed by atoms with van der Waals surface area (Å²) in [4.78, 5) is 9.35. The van der Waals surface area contributed by atoms with Crippen LogP contribution >= 0.6 is 0 Å². The van der Waals surface area contributed by atoms with Gasteiger partial charge in [-0.25, -0.2) is 0 Å². The minimum Gasteiger partial charge on any atom is -0.352 e. The summed E-state index contributed by atoms with van der Waals surface area (Å²) in [6.07, 6.45) is 20.4. The number of hydrogen-bond donors (Lipinski definition) is 3. The third-order valence-corrected chi connectivity index (χ3v) is 7.33. The predicted octanol–water partition coefficient (Wildman–Crippen LogP) is 6.74. The van der Waals surface area contributed by atoms with Gasteiger partial charge in [-0.1, -0.05) is 26.0 Å². The number of aromatic amines is 1. The van der Waals surface area contributed by atoms with Crippen LogP contribution in [0.4, 0.5) is 17.6 Å². The molecular formula is C28H40N8. The number of nitrogens with one attached hydrogen (secondary N) is 3. The van der Waals surface area contributed by atoms with E-state index in [9.17, 15) is 0 Å². The van der Waals surface area contributed by atoms with Gasteiger partial charge in [-0.3, -0.25) is 14.7 Å². The lowest BCUT2D eigenvalue weighted by atomic mass is 9.73. The number of aromatic nitrogens is 4. The van der Waals surface area contributed by atoms with Gasteiger partial charge in [-0.05, 0) is 76.0 Å². The molecule has 4 rings (SSSR count). The number of rotatable bonds is 7. The number of aliphatic imine (C=N–C) groups is 1. The Morgan fingerprint density at radius 2 is 2.19 bits per heavy atom. The van der Waals surface area contributed by atoms with Crippen LogP contribution < -0.4 is 10.6 Å². The number of nitrogens with zero attached hydrogens (tertiary/aromatic N) is 5. The predicted molar refractivity (Wildman–Crippen MR) is 147 cm³/mol. The number of fused-ring (bicyclic) bond motifs is 1. The van der Waals surface area contributed by atoms with Crippen LogP contribution in [0.5, 0.6) is 0 Å². The van der Waals surface area contributed by atoms with E-state index in [2.05, 4.69) is 62.5 Å². The van der Waals surface area contributed by atoms with E-state index in [0.29, 0.717) is 18.4 Å². The summed E-state index contributed by atoms with van der Waals surface area (Å²) in [7, 11) is 0. The summed E-state index contributed by atoms with van der Waals surface area (Å²) in [6.45, 7) is 6.77. The molecule has 0 amide bonds. The molecule has 0 fully saturated rings. The molecule has 8 heteroatoms. The van der Waals surface area contributed by atoms with Crippen molar-refractivity contribution in [1.82, 2.24) is 19.7 Å². The average Bonchev–Trinajstić information content (AvgIpc) is 3.36. The Morgan fingerprint density at radius 1 is 1.31 bits per heavy atom. The van der Waals surface area contributed by atoms with Crippen LogP contribution in [-0.4, -0.2) is 32.0 Å². The van der Waals surface area contributed by atoms with Crippen molar-refractivity contribution in [2.75, 3.05) is 10.6 Å². The second-order valence-electron chi connectivity index (χ2n) is 10.8. The van der Waals surface area contributed by atoms with Gasteiger partial charge < -0.3 is 10.6 Å². The Balaban J connectivity index is 1.51. The summed E-state index contributed by atoms with van der Waals surface area (Å²) in [5.41, 5.74) is 2.41. The molecule has 1 aliphatic carbocycles. The second-order valence-corrected chi connectivity index (χ2v) is 10.8. The van der Waals surface area contributed by atoms with Gasteiger partial charge in [0.2, 0.25) is 5.95 Å². The lowest BCUT2D eigenvalue weighted by Gasteiger charge is -2.33. The van der Waals surface area contributed by atoms with Crippen molar-refractivity contribution in [1.29, 1.82) is 5.26 Å². The molecule has 36 heavy (non-hydrogen) atoms. The van der Waals surface area contributed by atoms with Crippen molar-refractivity contribution < 1.29 is 0 Å². The minimum atomic E-state index is 0.280. The van der Waals surface area contributed by atoms with Crippen molar-refractivity contribution in [3.63, 3.8) is 0 Å². The molecule has 3 unspecified atom stereocenters. The van der Waals surface area contributed by atoms with Gasteiger partial charge in [0.25, 0.3) is 0 Å². The maximum atomic E-state index is 8.95. The fraction of sp³-hybridized carbons (Fsp3) is 0.571. The van der Waals surface area contributed by atoms with E-state index in [1.54, 1.807) is 0 Å². The highest BCUT2D eigenvalue weighted by molar-refractivity contribution is 5.65. The molecule has 0 spiro atoms. The lowest BCUT2D eigenvalue weighted by Crippen LogP contribution is -2.25. The fourth-order valence-electron chi connectivity index (χ4n) is 5.48. The van der Waals surface area contributed by atoms with E-state index >= 15 is 0 Å². The first-order chi connectivity index (χ1) is 17.5. The summed E-state index contributed by atoms with van der Waals surface area (Å²) >= 11 is 0. The first-order valence-corrected chi connectivity index (χ1v) is 13.3. The molecule has 0 bridgehead atoms. The zero-order chi connectivity index (χ0) is 25.4. The number of aryl methyl sites for hydroxylation is 1. The molecule has 3 atom stereocenters. The summed E-state index contributed by atoms with van der Waals surface area (Å²) in [5, 5.41) is 23.4. The van der Waals surface area contributed by atoms with Gasteiger partial charge >= 0.3 is 0 Å². The van der Waals surface area contributed by atoms with Crippen LogP contribution in [0, 0.1) is 29.6 Å². The lowest BCUT2D eigenvalue weighted by molar-refractivity contribution is 0.216. The van der Waals surface area contributed by atoms with Gasteiger partial charge in [-0.2, -0.15) is 15.3 Å². The zero-order valence-electron chi connectivity index (χ0n) is 21.9. The summed E-state index contributed by atoms with van der Waals surface area (Å²) in [5.74, 6) is 3.09. The van der Waals surface area contributed by atoms with Crippen molar-refractivity contribution in [2.45, 2.75) is 91.0 Å². The van der Waals surface area contributed by atoms with Crippen LogP contribution in [0.1, 0.15) is 83.0 Å². The van der Waals surface area contributed by atoms with Crippen molar-refractivity contribution in [3.05, 3.63) is 35.8 Å². The van der Waals surface area contributed by atoms with E-state index in [-0.39, 0.29) is 5.41 Å². The van der Waals surface area contributed by atoms with Crippen LogP contribution in [0.2, 0.25) is 0 Å². The number of allylic oxidation sites excluding steroid dienone is 1. The third-order valence-electron chi connectivity index (χ3n) is 7.33. The van der Waals surface area contributed by atoms with E-state index < -0.39 is 0 Å². The molecule has 0 saturated carbocycles. The smallest absolute Gasteiger partial charge is 0.209 e. The number of H-pyrrole nitrogens is 1. The Kier molecular flexibility index (Phi) is 8.63. The molecule has 1 aliphatic heterocycles. The zero-order valence-corrected chi connectivity index (χ0v) is 21.9. The molecule has 2 aromatic heterocycles. The quantitative estimate of drug-likeness (QED) is 0.295. The molecule has 2 aliphatic rings. The van der Waals surface area contributed by atoms with Crippen molar-refractivity contribution in [3.8, 4) is 6.07 Å². The first-order valence-electron chi connectivity index (χ1n) is 13.3. The summed E-state index contributed by atoms with van der Waals surface area (Å²) in [6, 6.07) is 4.60. The first kappa shape index (κ1) is 25.7. The number of hydrogen-bond acceptors (Lipinski definition) is 6. The second kappa shape index (κ2) is 12.1. The highest BCUT2D eigenvalue weighted by atomic mass is 15.3. The molecular weight excluding hydrogens is 448 g/mol. The van der Waals surface area contributed by atoms with Crippen molar-refractivity contribution >= 4 is 30.0 Å². The van der Waals surface area contributed by atoms with Gasteiger partial charge in [0.15, 0.2) is 11.6 Å². The molecule has 192 valence electrons. The van der Waals surface area contributed by atoms with Gasteiger partial charge in [0.05, 0.1) is 11.8 Å². The van der Waals surface area contributed by atoms with E-state index in [1.165, 1.54) is 12.8 Å². The molecule has 0 saturated heterocycles. The standard InChI is InChI=1S/C28H40N8/c1-21-11-12-23(9-4-5-13-28(3,20-21)14-6-7-15-29)31-27-33-26(32-25-19-22(2)34-35-25)24-10-8-16-30-17-18-36(24)27/h4-5,16-19,21,23H,6-14,20H2,1-3H3,(H,31,33)(H2,32,34,35)/b5-4-,18-17-,30-16-. The molecule has 3 N–H and O–H groups in total. The maximum Gasteiger partial charge on any atom is 0.209 e. The SMILES string of the molecule is Cc1cc(Nc2nc(NC3C/C=C\CC(C)(CCCC#N)CC(C)CC3)n3c2CC/C=N\C=C/3)n[nH]1. The molecule has 0 radical (unpaired) electrons. The van der Waals surface area contributed by atoms with Gasteiger partial charge in [-0.15, -0.1) is 0 Å². The Bertz CT molecular complexity index is 1130.